The second-order valence-electron chi connectivity index (χ2n) is 6.94. The van der Waals surface area contributed by atoms with Gasteiger partial charge in [0.05, 0.1) is 29.9 Å². The molecule has 2 aromatic rings. The van der Waals surface area contributed by atoms with E-state index in [9.17, 15) is 4.79 Å². The first-order chi connectivity index (χ1) is 12.2. The quantitative estimate of drug-likeness (QED) is 0.836. The van der Waals surface area contributed by atoms with E-state index in [2.05, 4.69) is 21.8 Å². The number of para-hydroxylation sites is 2. The standard InChI is InChI=1S/C19H24N4O2/c1-14-13-23(10-11-25-14)15-6-8-22(9-7-15)19(24)18-12-20-16-4-2-3-5-17(16)21-18/h2-5,12,14-15H,6-11,13H2,1H3/t14-/m1/s1. The van der Waals surface area contributed by atoms with Gasteiger partial charge in [-0.05, 0) is 31.9 Å². The number of carbonyl (C=O) groups is 1. The Bertz CT molecular complexity index is 758. The molecule has 2 fully saturated rings. The number of ether oxygens (including phenoxy) is 1. The Morgan fingerprint density at radius 3 is 2.68 bits per heavy atom. The predicted molar refractivity (Wildman–Crippen MR) is 95.5 cm³/mol. The molecule has 6 nitrogen and oxygen atoms in total. The number of piperidine rings is 1. The molecule has 1 amide bonds. The summed E-state index contributed by atoms with van der Waals surface area (Å²) in [6.45, 7) is 6.50. The van der Waals surface area contributed by atoms with Crippen LogP contribution in [0.4, 0.5) is 0 Å². The van der Waals surface area contributed by atoms with Crippen LogP contribution < -0.4 is 0 Å². The van der Waals surface area contributed by atoms with Gasteiger partial charge in [-0.2, -0.15) is 0 Å². The lowest BCUT2D eigenvalue weighted by Crippen LogP contribution is -2.51. The highest BCUT2D eigenvalue weighted by atomic mass is 16.5. The van der Waals surface area contributed by atoms with E-state index in [1.165, 1.54) is 0 Å². The van der Waals surface area contributed by atoms with Crippen LogP contribution in [-0.2, 0) is 4.74 Å². The summed E-state index contributed by atoms with van der Waals surface area (Å²) in [5.41, 5.74) is 2.03. The van der Waals surface area contributed by atoms with Crippen LogP contribution >= 0.6 is 0 Å². The van der Waals surface area contributed by atoms with Gasteiger partial charge in [0, 0.05) is 32.2 Å². The highest BCUT2D eigenvalue weighted by molar-refractivity contribution is 5.93. The summed E-state index contributed by atoms with van der Waals surface area (Å²) in [7, 11) is 0. The Morgan fingerprint density at radius 2 is 1.92 bits per heavy atom. The molecule has 132 valence electrons. The Morgan fingerprint density at radius 1 is 1.16 bits per heavy atom. The normalized spacial score (nSPS) is 23.1. The first kappa shape index (κ1) is 16.4. The van der Waals surface area contributed by atoms with Crippen LogP contribution in [-0.4, -0.2) is 70.6 Å². The molecule has 0 bridgehead atoms. The molecule has 0 spiro atoms. The number of hydrogen-bond acceptors (Lipinski definition) is 5. The second-order valence-corrected chi connectivity index (χ2v) is 6.94. The fraction of sp³-hybridized carbons (Fsp3) is 0.526. The van der Waals surface area contributed by atoms with Crippen molar-refractivity contribution in [3.05, 3.63) is 36.2 Å². The van der Waals surface area contributed by atoms with Crippen LogP contribution in [0.2, 0.25) is 0 Å². The van der Waals surface area contributed by atoms with Crippen molar-refractivity contribution in [2.75, 3.05) is 32.8 Å². The molecule has 2 aliphatic rings. The molecule has 2 aliphatic heterocycles. The summed E-state index contributed by atoms with van der Waals surface area (Å²) >= 11 is 0. The summed E-state index contributed by atoms with van der Waals surface area (Å²) in [5.74, 6) is -0.00736. The molecule has 1 atom stereocenters. The van der Waals surface area contributed by atoms with Crippen molar-refractivity contribution in [2.24, 2.45) is 0 Å². The summed E-state index contributed by atoms with van der Waals surface area (Å²) in [4.78, 5) is 26.1. The Balaban J connectivity index is 1.40. The number of hydrogen-bond donors (Lipinski definition) is 0. The topological polar surface area (TPSA) is 58.6 Å². The zero-order valence-electron chi connectivity index (χ0n) is 14.6. The Hall–Kier alpha value is -2.05. The van der Waals surface area contributed by atoms with Gasteiger partial charge < -0.3 is 9.64 Å². The van der Waals surface area contributed by atoms with Crippen LogP contribution in [0.5, 0.6) is 0 Å². The van der Waals surface area contributed by atoms with Gasteiger partial charge in [0.25, 0.3) is 5.91 Å². The summed E-state index contributed by atoms with van der Waals surface area (Å²) < 4.78 is 5.63. The van der Waals surface area contributed by atoms with Gasteiger partial charge in [-0.15, -0.1) is 0 Å². The van der Waals surface area contributed by atoms with Crippen LogP contribution in [0, 0.1) is 0 Å². The lowest BCUT2D eigenvalue weighted by atomic mass is 10.0. The van der Waals surface area contributed by atoms with Crippen LogP contribution in [0.3, 0.4) is 0 Å². The van der Waals surface area contributed by atoms with E-state index in [1.54, 1.807) is 6.20 Å². The third-order valence-corrected chi connectivity index (χ3v) is 5.21. The number of aromatic nitrogens is 2. The van der Waals surface area contributed by atoms with Crippen molar-refractivity contribution in [1.82, 2.24) is 19.8 Å². The smallest absolute Gasteiger partial charge is 0.274 e. The highest BCUT2D eigenvalue weighted by Gasteiger charge is 2.30. The predicted octanol–water partition coefficient (Wildman–Crippen LogP) is 1.96. The van der Waals surface area contributed by atoms with Crippen molar-refractivity contribution in [2.45, 2.75) is 31.9 Å². The van der Waals surface area contributed by atoms with Crippen molar-refractivity contribution in [3.8, 4) is 0 Å². The molecule has 25 heavy (non-hydrogen) atoms. The van der Waals surface area contributed by atoms with E-state index in [4.69, 9.17) is 4.74 Å². The van der Waals surface area contributed by atoms with Crippen molar-refractivity contribution < 1.29 is 9.53 Å². The minimum Gasteiger partial charge on any atom is -0.376 e. The fourth-order valence-electron chi connectivity index (χ4n) is 3.83. The summed E-state index contributed by atoms with van der Waals surface area (Å²) in [5, 5.41) is 0. The van der Waals surface area contributed by atoms with Gasteiger partial charge in [-0.1, -0.05) is 12.1 Å². The molecule has 0 saturated carbocycles. The molecule has 2 saturated heterocycles. The maximum atomic E-state index is 12.8. The number of nitrogens with zero attached hydrogens (tertiary/aromatic N) is 4. The van der Waals surface area contributed by atoms with Gasteiger partial charge >= 0.3 is 0 Å². The van der Waals surface area contributed by atoms with Crippen LogP contribution in [0.15, 0.2) is 30.5 Å². The van der Waals surface area contributed by atoms with Crippen molar-refractivity contribution in [3.63, 3.8) is 0 Å². The maximum Gasteiger partial charge on any atom is 0.274 e. The summed E-state index contributed by atoms with van der Waals surface area (Å²) in [6.07, 6.45) is 3.93. The van der Waals surface area contributed by atoms with Gasteiger partial charge in [-0.25, -0.2) is 4.98 Å². The SMILES string of the molecule is C[C@@H]1CN(C2CCN(C(=O)c3cnc4ccccc4n3)CC2)CCO1. The third kappa shape index (κ3) is 3.50. The van der Waals surface area contributed by atoms with Crippen molar-refractivity contribution in [1.29, 1.82) is 0 Å². The molecule has 0 N–H and O–H groups in total. The van der Waals surface area contributed by atoms with Gasteiger partial charge in [-0.3, -0.25) is 14.7 Å². The Labute approximate surface area is 147 Å². The maximum absolute atomic E-state index is 12.8. The largest absolute Gasteiger partial charge is 0.376 e. The van der Waals surface area contributed by atoms with Crippen LogP contribution in [0.1, 0.15) is 30.3 Å². The number of amides is 1. The highest BCUT2D eigenvalue weighted by Crippen LogP contribution is 2.20. The fourth-order valence-corrected chi connectivity index (χ4v) is 3.83. The molecule has 1 aromatic carbocycles. The lowest BCUT2D eigenvalue weighted by Gasteiger charge is -2.41. The third-order valence-electron chi connectivity index (χ3n) is 5.21. The number of rotatable bonds is 2. The number of carbonyl (C=O) groups excluding carboxylic acids is 1. The number of morpholine rings is 1. The molecular formula is C19H24N4O2. The molecule has 0 radical (unpaired) electrons. The summed E-state index contributed by atoms with van der Waals surface area (Å²) in [6, 6.07) is 8.20. The molecular weight excluding hydrogens is 316 g/mol. The second kappa shape index (κ2) is 7.06. The number of benzene rings is 1. The minimum atomic E-state index is -0.00736. The van der Waals surface area contributed by atoms with E-state index in [0.717, 1.165) is 56.7 Å². The van der Waals surface area contributed by atoms with E-state index in [-0.39, 0.29) is 5.91 Å². The molecule has 3 heterocycles. The zero-order valence-corrected chi connectivity index (χ0v) is 14.6. The lowest BCUT2D eigenvalue weighted by molar-refractivity contribution is -0.0424. The van der Waals surface area contributed by atoms with Crippen LogP contribution in [0.25, 0.3) is 11.0 Å². The first-order valence-electron chi connectivity index (χ1n) is 9.07. The first-order valence-corrected chi connectivity index (χ1v) is 9.07. The van der Waals surface area contributed by atoms with E-state index < -0.39 is 0 Å². The van der Waals surface area contributed by atoms with Gasteiger partial charge in [0.15, 0.2) is 0 Å². The van der Waals surface area contributed by atoms with Crippen molar-refractivity contribution >= 4 is 16.9 Å². The number of likely N-dealkylation sites (tertiary alicyclic amines) is 1. The number of fused-ring (bicyclic) bond motifs is 1. The zero-order chi connectivity index (χ0) is 17.2. The van der Waals surface area contributed by atoms with E-state index in [0.29, 0.717) is 17.8 Å². The molecule has 6 heteroatoms. The van der Waals surface area contributed by atoms with E-state index in [1.807, 2.05) is 29.2 Å². The minimum absolute atomic E-state index is 0.00736. The van der Waals surface area contributed by atoms with E-state index >= 15 is 0 Å². The monoisotopic (exact) mass is 340 g/mol. The molecule has 0 unspecified atom stereocenters. The molecule has 0 aliphatic carbocycles. The van der Waals surface area contributed by atoms with Gasteiger partial charge in [0.1, 0.15) is 5.69 Å². The Kier molecular flexibility index (Phi) is 4.63. The molecule has 4 rings (SSSR count). The average molecular weight is 340 g/mol. The van der Waals surface area contributed by atoms with Gasteiger partial charge in [0.2, 0.25) is 0 Å². The average Bonchev–Trinajstić information content (AvgIpc) is 2.67. The molecule has 1 aromatic heterocycles.